The third-order valence-corrected chi connectivity index (χ3v) is 3.66. The molecule has 0 unspecified atom stereocenters. The summed E-state index contributed by atoms with van der Waals surface area (Å²) in [5.41, 5.74) is 3.87. The topological polar surface area (TPSA) is 49.8 Å². The van der Waals surface area contributed by atoms with Gasteiger partial charge in [-0.15, -0.1) is 0 Å². The molecule has 0 saturated heterocycles. The van der Waals surface area contributed by atoms with Crippen LogP contribution in [0, 0.1) is 9.85 Å². The van der Waals surface area contributed by atoms with Crippen LogP contribution in [0.3, 0.4) is 0 Å². The second-order valence-corrected chi connectivity index (χ2v) is 5.63. The number of benzene rings is 2. The zero-order chi connectivity index (χ0) is 16.1. The zero-order valence-electron chi connectivity index (χ0n) is 12.0. The third kappa shape index (κ3) is 4.10. The Balaban J connectivity index is 1.82. The molecule has 0 aliphatic heterocycles. The van der Waals surface area contributed by atoms with Gasteiger partial charge in [0.2, 0.25) is 5.95 Å². The van der Waals surface area contributed by atoms with Crippen molar-refractivity contribution in [1.82, 2.24) is 14.8 Å². The van der Waals surface area contributed by atoms with Crippen LogP contribution in [0.1, 0.15) is 11.1 Å². The number of hydrogen-bond donors (Lipinski definition) is 2. The van der Waals surface area contributed by atoms with E-state index < -0.39 is 0 Å². The van der Waals surface area contributed by atoms with Crippen LogP contribution < -0.4 is 10.2 Å². The maximum absolute atomic E-state index is 5.50. The molecular formula is C17H12ClIN4. The van der Waals surface area contributed by atoms with Gasteiger partial charge < -0.3 is 5.32 Å². The first-order valence-corrected chi connectivity index (χ1v) is 8.32. The lowest BCUT2D eigenvalue weighted by atomic mass is 10.1. The van der Waals surface area contributed by atoms with Crippen molar-refractivity contribution in [3.63, 3.8) is 0 Å². The van der Waals surface area contributed by atoms with Crippen LogP contribution in [0.25, 0.3) is 10.9 Å². The van der Waals surface area contributed by atoms with Gasteiger partial charge in [-0.25, -0.2) is 14.8 Å². The van der Waals surface area contributed by atoms with E-state index in [1.54, 1.807) is 6.20 Å². The van der Waals surface area contributed by atoms with Gasteiger partial charge in [-0.1, -0.05) is 18.1 Å². The highest BCUT2D eigenvalue weighted by Gasteiger charge is 2.02. The summed E-state index contributed by atoms with van der Waals surface area (Å²) in [4.78, 5) is 11.5. The van der Waals surface area contributed by atoms with E-state index in [9.17, 15) is 0 Å². The molecule has 0 atom stereocenters. The average molecular weight is 435 g/mol. The molecule has 2 aromatic carbocycles. The first-order chi connectivity index (χ1) is 11.3. The highest BCUT2D eigenvalue weighted by Crippen LogP contribution is 2.18. The molecule has 0 bridgehead atoms. The summed E-state index contributed by atoms with van der Waals surface area (Å²) in [5.74, 6) is 3.58. The van der Waals surface area contributed by atoms with Gasteiger partial charge in [-0.05, 0) is 51.6 Å². The second kappa shape index (κ2) is 7.59. The van der Waals surface area contributed by atoms with Gasteiger partial charge >= 0.3 is 0 Å². The molecule has 0 radical (unpaired) electrons. The quantitative estimate of drug-likeness (QED) is 0.364. The Morgan fingerprint density at radius 3 is 2.70 bits per heavy atom. The molecule has 0 aliphatic rings. The summed E-state index contributed by atoms with van der Waals surface area (Å²) in [5, 5.41) is 4.17. The summed E-state index contributed by atoms with van der Waals surface area (Å²) < 4.78 is 2.86. The summed E-state index contributed by atoms with van der Waals surface area (Å²) in [6.07, 6.45) is 1.80. The number of nitrogens with one attached hydrogen (secondary N) is 2. The normalized spacial score (nSPS) is 10.2. The first-order valence-electron chi connectivity index (χ1n) is 6.86. The van der Waals surface area contributed by atoms with E-state index in [2.05, 4.69) is 30.0 Å². The Morgan fingerprint density at radius 1 is 1.13 bits per heavy atom. The van der Waals surface area contributed by atoms with E-state index in [0.29, 0.717) is 12.5 Å². The molecule has 2 N–H and O–H groups in total. The van der Waals surface area contributed by atoms with Gasteiger partial charge in [0.1, 0.15) is 0 Å². The van der Waals surface area contributed by atoms with Gasteiger partial charge in [0.25, 0.3) is 0 Å². The molecular weight excluding hydrogens is 423 g/mol. The molecule has 3 rings (SSSR count). The Labute approximate surface area is 152 Å². The molecule has 23 heavy (non-hydrogen) atoms. The van der Waals surface area contributed by atoms with Crippen molar-refractivity contribution >= 4 is 56.9 Å². The number of nitrogens with zero attached hydrogens (tertiary/aromatic N) is 2. The highest BCUT2D eigenvalue weighted by molar-refractivity contribution is 14.1. The molecule has 0 saturated carbocycles. The minimum atomic E-state index is 0.563. The number of fused-ring (bicyclic) bond motifs is 1. The van der Waals surface area contributed by atoms with E-state index in [4.69, 9.17) is 11.8 Å². The maximum atomic E-state index is 5.50. The monoisotopic (exact) mass is 434 g/mol. The molecule has 1 aromatic heterocycles. The Hall–Kier alpha value is -1.88. The van der Waals surface area contributed by atoms with Gasteiger partial charge in [-0.3, -0.25) is 0 Å². The third-order valence-electron chi connectivity index (χ3n) is 3.25. The number of hydrogen-bond acceptors (Lipinski definition) is 4. The summed E-state index contributed by atoms with van der Waals surface area (Å²) >= 11 is 7.52. The van der Waals surface area contributed by atoms with E-state index in [0.717, 1.165) is 27.7 Å². The average Bonchev–Trinajstić information content (AvgIpc) is 2.57. The van der Waals surface area contributed by atoms with Crippen LogP contribution >= 0.6 is 34.4 Å². The van der Waals surface area contributed by atoms with Gasteiger partial charge in [0, 0.05) is 52.0 Å². The van der Waals surface area contributed by atoms with Crippen molar-refractivity contribution in [3.05, 3.63) is 59.8 Å². The largest absolute Gasteiger partial charge is 0.324 e. The molecule has 114 valence electrons. The van der Waals surface area contributed by atoms with Gasteiger partial charge in [0.15, 0.2) is 0 Å². The van der Waals surface area contributed by atoms with E-state index in [-0.39, 0.29) is 0 Å². The summed E-state index contributed by atoms with van der Waals surface area (Å²) in [7, 11) is 0. The van der Waals surface area contributed by atoms with Crippen molar-refractivity contribution < 1.29 is 0 Å². The Morgan fingerprint density at radius 2 is 1.96 bits per heavy atom. The fourth-order valence-electron chi connectivity index (χ4n) is 2.14. The smallest absolute Gasteiger partial charge is 0.227 e. The van der Waals surface area contributed by atoms with Crippen molar-refractivity contribution in [2.45, 2.75) is 6.54 Å². The number of anilines is 2. The van der Waals surface area contributed by atoms with Crippen LogP contribution in [0.15, 0.2) is 48.7 Å². The first kappa shape index (κ1) is 16.0. The van der Waals surface area contributed by atoms with E-state index in [1.165, 1.54) is 0 Å². The minimum absolute atomic E-state index is 0.563. The molecule has 0 spiro atoms. The van der Waals surface area contributed by atoms with Crippen molar-refractivity contribution in [2.24, 2.45) is 0 Å². The number of aromatic nitrogens is 2. The fourth-order valence-corrected chi connectivity index (χ4v) is 2.60. The van der Waals surface area contributed by atoms with Crippen LogP contribution in [-0.2, 0) is 6.54 Å². The SMILES string of the molecule is ClNCc1ccc(Nc2ncc3cc(C#CI)ccc3n2)cc1. The maximum Gasteiger partial charge on any atom is 0.227 e. The Bertz CT molecular complexity index is 884. The Kier molecular flexibility index (Phi) is 5.28. The summed E-state index contributed by atoms with van der Waals surface area (Å²) in [6, 6.07) is 13.8. The van der Waals surface area contributed by atoms with E-state index >= 15 is 0 Å². The number of halogens is 2. The van der Waals surface area contributed by atoms with Crippen LogP contribution in [-0.4, -0.2) is 9.97 Å². The molecule has 4 nitrogen and oxygen atoms in total. The predicted octanol–water partition coefficient (Wildman–Crippen LogP) is 4.36. The second-order valence-electron chi connectivity index (χ2n) is 4.82. The lowest BCUT2D eigenvalue weighted by Crippen LogP contribution is -2.00. The lowest BCUT2D eigenvalue weighted by Gasteiger charge is -2.07. The van der Waals surface area contributed by atoms with Crippen molar-refractivity contribution in [2.75, 3.05) is 5.32 Å². The molecule has 0 fully saturated rings. The standard InChI is InChI=1S/C17H12ClIN4/c18-21-10-13-1-4-15(5-2-13)22-17-20-11-14-9-12(7-8-19)3-6-16(14)23-17/h1-6,9,11,21H,10H2,(H,20,22,23). The number of rotatable bonds is 4. The van der Waals surface area contributed by atoms with Crippen LogP contribution in [0.5, 0.6) is 0 Å². The molecule has 0 amide bonds. The van der Waals surface area contributed by atoms with Crippen LogP contribution in [0.4, 0.5) is 11.6 Å². The van der Waals surface area contributed by atoms with Gasteiger partial charge in [-0.2, -0.15) is 0 Å². The predicted molar refractivity (Wildman–Crippen MR) is 103 cm³/mol. The van der Waals surface area contributed by atoms with E-state index in [1.807, 2.05) is 65.1 Å². The lowest BCUT2D eigenvalue weighted by molar-refractivity contribution is 0.964. The van der Waals surface area contributed by atoms with Gasteiger partial charge in [0.05, 0.1) is 5.52 Å². The molecule has 3 aromatic rings. The minimum Gasteiger partial charge on any atom is -0.324 e. The molecule has 1 heterocycles. The fraction of sp³-hybridized carbons (Fsp3) is 0.0588. The molecule has 6 heteroatoms. The zero-order valence-corrected chi connectivity index (χ0v) is 14.9. The summed E-state index contributed by atoms with van der Waals surface area (Å²) in [6.45, 7) is 0.622. The van der Waals surface area contributed by atoms with Crippen LogP contribution in [0.2, 0.25) is 0 Å². The molecule has 0 aliphatic carbocycles. The van der Waals surface area contributed by atoms with Crippen molar-refractivity contribution in [1.29, 1.82) is 0 Å². The van der Waals surface area contributed by atoms with Crippen molar-refractivity contribution in [3.8, 4) is 9.85 Å². The highest BCUT2D eigenvalue weighted by atomic mass is 127.